The van der Waals surface area contributed by atoms with E-state index in [1.807, 2.05) is 0 Å². The average molecular weight is 359 g/mol. The molecule has 2 saturated carbocycles. The number of rotatable bonds is 3. The van der Waals surface area contributed by atoms with Crippen molar-refractivity contribution in [1.29, 1.82) is 0 Å². The van der Waals surface area contributed by atoms with Gasteiger partial charge in [-0.25, -0.2) is 0 Å². The third kappa shape index (κ3) is 4.23. The molecular formula is C18H31BrO2. The minimum atomic E-state index is 0.0973. The molecule has 21 heavy (non-hydrogen) atoms. The Morgan fingerprint density at radius 3 is 1.90 bits per heavy atom. The average Bonchev–Trinajstić information content (AvgIpc) is 2.56. The summed E-state index contributed by atoms with van der Waals surface area (Å²) in [6, 6.07) is 0. The molecule has 0 unspecified atom stereocenters. The van der Waals surface area contributed by atoms with Crippen molar-refractivity contribution in [3.8, 4) is 0 Å². The van der Waals surface area contributed by atoms with Crippen LogP contribution in [0.15, 0.2) is 0 Å². The van der Waals surface area contributed by atoms with Gasteiger partial charge in [-0.3, -0.25) is 0 Å². The number of hydrogen-bond acceptors (Lipinski definition) is 2. The van der Waals surface area contributed by atoms with Gasteiger partial charge in [-0.05, 0) is 56.3 Å². The Hall–Kier alpha value is 0.400. The van der Waals surface area contributed by atoms with Crippen LogP contribution in [0.1, 0.15) is 58.3 Å². The van der Waals surface area contributed by atoms with Crippen LogP contribution in [-0.4, -0.2) is 24.8 Å². The zero-order valence-corrected chi connectivity index (χ0v) is 15.0. The van der Waals surface area contributed by atoms with Gasteiger partial charge in [-0.15, -0.1) is 0 Å². The highest BCUT2D eigenvalue weighted by molar-refractivity contribution is 9.09. The van der Waals surface area contributed by atoms with Gasteiger partial charge in [-0.2, -0.15) is 0 Å². The summed E-state index contributed by atoms with van der Waals surface area (Å²) >= 11 is 3.62. The van der Waals surface area contributed by atoms with Crippen LogP contribution in [0.3, 0.4) is 0 Å². The standard InChI is InChI=1S/C18H31BrO2/c1-13-2-6-15(7-3-13)17-11-20-18(21-12-17)16-8-4-14(10-19)5-9-16/h13-18H,2-12H2,1H3. The first-order valence-corrected chi connectivity index (χ1v) is 10.2. The molecule has 2 aliphatic carbocycles. The first-order valence-electron chi connectivity index (χ1n) is 9.05. The van der Waals surface area contributed by atoms with E-state index in [2.05, 4.69) is 22.9 Å². The van der Waals surface area contributed by atoms with Gasteiger partial charge in [0.25, 0.3) is 0 Å². The third-order valence-corrected chi connectivity index (χ3v) is 7.09. The first kappa shape index (κ1) is 16.3. The van der Waals surface area contributed by atoms with Gasteiger partial charge in [0, 0.05) is 17.2 Å². The summed E-state index contributed by atoms with van der Waals surface area (Å²) in [5, 5.41) is 1.16. The fourth-order valence-electron chi connectivity index (χ4n) is 4.45. The lowest BCUT2D eigenvalue weighted by Crippen LogP contribution is -2.41. The molecular weight excluding hydrogens is 328 g/mol. The molecule has 0 radical (unpaired) electrons. The Morgan fingerprint density at radius 2 is 1.33 bits per heavy atom. The van der Waals surface area contributed by atoms with Crippen molar-refractivity contribution in [3.05, 3.63) is 0 Å². The summed E-state index contributed by atoms with van der Waals surface area (Å²) in [7, 11) is 0. The van der Waals surface area contributed by atoms with Crippen LogP contribution < -0.4 is 0 Å². The Morgan fingerprint density at radius 1 is 0.762 bits per heavy atom. The molecule has 3 rings (SSSR count). The minimum absolute atomic E-state index is 0.0973. The van der Waals surface area contributed by atoms with Crippen LogP contribution in [0.4, 0.5) is 0 Å². The van der Waals surface area contributed by atoms with Crippen LogP contribution in [0.2, 0.25) is 0 Å². The second-order valence-corrected chi connectivity index (χ2v) is 8.40. The molecule has 0 N–H and O–H groups in total. The number of alkyl halides is 1. The molecule has 1 saturated heterocycles. The zero-order chi connectivity index (χ0) is 14.7. The number of ether oxygens (including phenoxy) is 2. The molecule has 2 nitrogen and oxygen atoms in total. The highest BCUT2D eigenvalue weighted by atomic mass is 79.9. The van der Waals surface area contributed by atoms with Gasteiger partial charge in [0.2, 0.25) is 0 Å². The molecule has 0 aromatic heterocycles. The second kappa shape index (κ2) is 7.79. The number of halogens is 1. The monoisotopic (exact) mass is 358 g/mol. The normalized spacial score (nSPS) is 45.4. The highest BCUT2D eigenvalue weighted by Gasteiger charge is 2.35. The van der Waals surface area contributed by atoms with E-state index in [0.717, 1.165) is 36.3 Å². The molecule has 0 spiro atoms. The highest BCUT2D eigenvalue weighted by Crippen LogP contribution is 2.38. The van der Waals surface area contributed by atoms with Gasteiger partial charge in [0.1, 0.15) is 0 Å². The van der Waals surface area contributed by atoms with E-state index in [0.29, 0.717) is 11.8 Å². The number of hydrogen-bond donors (Lipinski definition) is 0. The molecule has 3 heteroatoms. The van der Waals surface area contributed by atoms with E-state index < -0.39 is 0 Å². The molecule has 122 valence electrons. The van der Waals surface area contributed by atoms with Crippen molar-refractivity contribution in [2.75, 3.05) is 18.5 Å². The van der Waals surface area contributed by atoms with E-state index in [9.17, 15) is 0 Å². The second-order valence-electron chi connectivity index (χ2n) is 7.75. The lowest BCUT2D eigenvalue weighted by atomic mass is 9.76. The fourth-order valence-corrected chi connectivity index (χ4v) is 5.10. The molecule has 1 aliphatic heterocycles. The molecule has 0 bridgehead atoms. The predicted octanol–water partition coefficient (Wildman–Crippen LogP) is 5.00. The smallest absolute Gasteiger partial charge is 0.160 e. The summed E-state index contributed by atoms with van der Waals surface area (Å²) in [4.78, 5) is 0. The molecule has 0 atom stereocenters. The minimum Gasteiger partial charge on any atom is -0.352 e. The van der Waals surface area contributed by atoms with Crippen LogP contribution in [0, 0.1) is 29.6 Å². The van der Waals surface area contributed by atoms with E-state index in [1.165, 1.54) is 51.4 Å². The van der Waals surface area contributed by atoms with Crippen molar-refractivity contribution in [1.82, 2.24) is 0 Å². The van der Waals surface area contributed by atoms with Crippen molar-refractivity contribution in [2.24, 2.45) is 29.6 Å². The van der Waals surface area contributed by atoms with Gasteiger partial charge in [0.05, 0.1) is 13.2 Å². The van der Waals surface area contributed by atoms with Gasteiger partial charge in [-0.1, -0.05) is 35.7 Å². The third-order valence-electron chi connectivity index (χ3n) is 6.17. The van der Waals surface area contributed by atoms with Crippen LogP contribution >= 0.6 is 15.9 Å². The zero-order valence-electron chi connectivity index (χ0n) is 13.4. The molecule has 1 heterocycles. The SMILES string of the molecule is CC1CCC(C2COC(C3CCC(CBr)CC3)OC2)CC1. The van der Waals surface area contributed by atoms with Crippen molar-refractivity contribution < 1.29 is 9.47 Å². The van der Waals surface area contributed by atoms with Crippen molar-refractivity contribution in [3.63, 3.8) is 0 Å². The Kier molecular flexibility index (Phi) is 6.03. The maximum atomic E-state index is 6.15. The largest absolute Gasteiger partial charge is 0.352 e. The van der Waals surface area contributed by atoms with E-state index in [1.54, 1.807) is 0 Å². The Balaban J connectivity index is 1.41. The van der Waals surface area contributed by atoms with E-state index in [4.69, 9.17) is 9.47 Å². The lowest BCUT2D eigenvalue weighted by Gasteiger charge is -2.40. The fraction of sp³-hybridized carbons (Fsp3) is 1.00. The summed E-state index contributed by atoms with van der Waals surface area (Å²) in [6.07, 6.45) is 10.9. The quantitative estimate of drug-likeness (QED) is 0.660. The summed E-state index contributed by atoms with van der Waals surface area (Å²) < 4.78 is 12.3. The van der Waals surface area contributed by atoms with Gasteiger partial charge < -0.3 is 9.47 Å². The Bertz CT molecular complexity index is 298. The summed E-state index contributed by atoms with van der Waals surface area (Å²) in [6.45, 7) is 4.29. The van der Waals surface area contributed by atoms with Gasteiger partial charge in [0.15, 0.2) is 6.29 Å². The van der Waals surface area contributed by atoms with Gasteiger partial charge >= 0.3 is 0 Å². The first-order chi connectivity index (χ1) is 10.3. The summed E-state index contributed by atoms with van der Waals surface area (Å²) in [5.74, 6) is 3.97. The molecule has 3 aliphatic rings. The lowest BCUT2D eigenvalue weighted by molar-refractivity contribution is -0.237. The molecule has 0 aromatic rings. The Labute approximate surface area is 138 Å². The van der Waals surface area contributed by atoms with Crippen molar-refractivity contribution >= 4 is 15.9 Å². The van der Waals surface area contributed by atoms with E-state index in [-0.39, 0.29) is 6.29 Å². The van der Waals surface area contributed by atoms with Crippen molar-refractivity contribution in [2.45, 2.75) is 64.6 Å². The predicted molar refractivity (Wildman–Crippen MR) is 89.5 cm³/mol. The molecule has 3 fully saturated rings. The maximum Gasteiger partial charge on any atom is 0.160 e. The van der Waals surface area contributed by atoms with Crippen LogP contribution in [0.25, 0.3) is 0 Å². The maximum absolute atomic E-state index is 6.15. The van der Waals surface area contributed by atoms with Crippen LogP contribution in [-0.2, 0) is 9.47 Å². The van der Waals surface area contributed by atoms with Crippen LogP contribution in [0.5, 0.6) is 0 Å². The topological polar surface area (TPSA) is 18.5 Å². The molecule has 0 aromatic carbocycles. The summed E-state index contributed by atoms with van der Waals surface area (Å²) in [5.41, 5.74) is 0. The molecule has 0 amide bonds. The van der Waals surface area contributed by atoms with E-state index >= 15 is 0 Å².